The van der Waals surface area contributed by atoms with Crippen molar-refractivity contribution in [1.29, 1.82) is 0 Å². The minimum atomic E-state index is -0.428. The maximum absolute atomic E-state index is 11.9. The van der Waals surface area contributed by atoms with E-state index in [-0.39, 0.29) is 12.0 Å². The first-order valence-electron chi connectivity index (χ1n) is 9.27. The number of carbonyl (C=O) groups is 1. The van der Waals surface area contributed by atoms with Crippen molar-refractivity contribution < 1.29 is 9.53 Å². The van der Waals surface area contributed by atoms with Crippen molar-refractivity contribution in [3.63, 3.8) is 0 Å². The number of hydrogen-bond acceptors (Lipinski definition) is 3. The summed E-state index contributed by atoms with van der Waals surface area (Å²) in [5.41, 5.74) is 3.18. The molecule has 1 aliphatic rings. The summed E-state index contributed by atoms with van der Waals surface area (Å²) in [5, 5.41) is 0. The fraction of sp³-hybridized carbons (Fsp3) is 0.208. The Kier molecular flexibility index (Phi) is 4.78. The number of benzene rings is 3. The van der Waals surface area contributed by atoms with Crippen LogP contribution in [0.2, 0.25) is 0 Å². The zero-order chi connectivity index (χ0) is 18.7. The molecule has 136 valence electrons. The van der Waals surface area contributed by atoms with E-state index in [2.05, 4.69) is 77.7 Å². The number of nitrogens with zero attached hydrogens (tertiary/aromatic N) is 1. The lowest BCUT2D eigenvalue weighted by atomic mass is 9.76. The van der Waals surface area contributed by atoms with Crippen LogP contribution in [0.5, 0.6) is 0 Å². The lowest BCUT2D eigenvalue weighted by Gasteiger charge is -2.38. The zero-order valence-electron chi connectivity index (χ0n) is 15.4. The van der Waals surface area contributed by atoms with Gasteiger partial charge in [-0.15, -0.1) is 0 Å². The summed E-state index contributed by atoms with van der Waals surface area (Å²) in [4.78, 5) is 14.3. The number of rotatable bonds is 6. The average Bonchev–Trinajstić information content (AvgIpc) is 3.50. The van der Waals surface area contributed by atoms with E-state index >= 15 is 0 Å². The number of carbonyl (C=O) groups excluding carboxylic acids is 1. The SMILES string of the molecule is COC(=O)C[C@H]1CN1C(c1ccccc1)(c1ccccc1)c1ccccc1. The standard InChI is InChI=1S/C24H23NO2/c1-27-23(26)17-22-18-25(22)24(19-11-5-2-6-12-19,20-13-7-3-8-14-20)21-15-9-4-10-16-21/h2-16,22H,17-18H2,1H3/t22-,25?/m0/s1. The molecule has 1 aliphatic heterocycles. The highest BCUT2D eigenvalue weighted by Crippen LogP contribution is 2.48. The van der Waals surface area contributed by atoms with Gasteiger partial charge < -0.3 is 4.74 Å². The van der Waals surface area contributed by atoms with E-state index in [1.54, 1.807) is 0 Å². The normalized spacial score (nSPS) is 18.7. The van der Waals surface area contributed by atoms with Gasteiger partial charge in [0.2, 0.25) is 0 Å². The Labute approximate surface area is 160 Å². The number of ether oxygens (including phenoxy) is 1. The molecule has 0 saturated carbocycles. The molecular formula is C24H23NO2. The number of esters is 1. The van der Waals surface area contributed by atoms with Crippen LogP contribution in [-0.4, -0.2) is 30.6 Å². The minimum Gasteiger partial charge on any atom is -0.469 e. The van der Waals surface area contributed by atoms with Crippen LogP contribution < -0.4 is 0 Å². The van der Waals surface area contributed by atoms with E-state index in [1.807, 2.05) is 18.2 Å². The van der Waals surface area contributed by atoms with Crippen LogP contribution in [0.1, 0.15) is 23.1 Å². The van der Waals surface area contributed by atoms with E-state index < -0.39 is 5.54 Å². The molecule has 0 aliphatic carbocycles. The van der Waals surface area contributed by atoms with Crippen LogP contribution in [0.15, 0.2) is 91.0 Å². The molecule has 0 N–H and O–H groups in total. The predicted molar refractivity (Wildman–Crippen MR) is 106 cm³/mol. The van der Waals surface area contributed by atoms with Gasteiger partial charge in [-0.3, -0.25) is 9.69 Å². The molecule has 0 radical (unpaired) electrons. The first-order chi connectivity index (χ1) is 13.3. The Balaban J connectivity index is 1.90. The van der Waals surface area contributed by atoms with E-state index in [4.69, 9.17) is 4.74 Å². The Morgan fingerprint density at radius 2 is 1.26 bits per heavy atom. The van der Waals surface area contributed by atoms with Gasteiger partial charge in [0.25, 0.3) is 0 Å². The lowest BCUT2D eigenvalue weighted by molar-refractivity contribution is -0.140. The van der Waals surface area contributed by atoms with Gasteiger partial charge in [-0.25, -0.2) is 0 Å². The molecule has 2 atom stereocenters. The third-order valence-electron chi connectivity index (χ3n) is 5.35. The zero-order valence-corrected chi connectivity index (χ0v) is 15.4. The van der Waals surface area contributed by atoms with Gasteiger partial charge in [0, 0.05) is 12.6 Å². The van der Waals surface area contributed by atoms with Gasteiger partial charge in [0.1, 0.15) is 0 Å². The molecule has 1 heterocycles. The lowest BCUT2D eigenvalue weighted by Crippen LogP contribution is -2.39. The second-order valence-corrected chi connectivity index (χ2v) is 6.89. The molecule has 0 amide bonds. The van der Waals surface area contributed by atoms with Crippen LogP contribution in [-0.2, 0) is 15.1 Å². The van der Waals surface area contributed by atoms with Crippen LogP contribution >= 0.6 is 0 Å². The highest BCUT2D eigenvalue weighted by Gasteiger charge is 2.53. The topological polar surface area (TPSA) is 29.3 Å². The largest absolute Gasteiger partial charge is 0.469 e. The summed E-state index contributed by atoms with van der Waals surface area (Å²) in [6.07, 6.45) is 0.407. The summed E-state index contributed by atoms with van der Waals surface area (Å²) in [7, 11) is 1.45. The van der Waals surface area contributed by atoms with Crippen LogP contribution in [0, 0.1) is 0 Å². The molecule has 1 unspecified atom stereocenters. The quantitative estimate of drug-likeness (QED) is 0.376. The fourth-order valence-electron chi connectivity index (χ4n) is 4.08. The van der Waals surface area contributed by atoms with Gasteiger partial charge in [-0.05, 0) is 16.7 Å². The van der Waals surface area contributed by atoms with Crippen LogP contribution in [0.25, 0.3) is 0 Å². The van der Waals surface area contributed by atoms with E-state index in [1.165, 1.54) is 23.8 Å². The van der Waals surface area contributed by atoms with Crippen molar-refractivity contribution in [1.82, 2.24) is 4.90 Å². The van der Waals surface area contributed by atoms with Crippen LogP contribution in [0.4, 0.5) is 0 Å². The van der Waals surface area contributed by atoms with Gasteiger partial charge in [-0.2, -0.15) is 0 Å². The Hall–Kier alpha value is -2.91. The van der Waals surface area contributed by atoms with Gasteiger partial charge >= 0.3 is 5.97 Å². The molecule has 3 aromatic carbocycles. The summed E-state index contributed by atoms with van der Waals surface area (Å²) >= 11 is 0. The smallest absolute Gasteiger partial charge is 0.307 e. The monoisotopic (exact) mass is 357 g/mol. The van der Waals surface area contributed by atoms with Crippen molar-refractivity contribution >= 4 is 5.97 Å². The summed E-state index contributed by atoms with van der Waals surface area (Å²) in [6, 6.07) is 31.8. The maximum Gasteiger partial charge on any atom is 0.307 e. The Morgan fingerprint density at radius 3 is 1.63 bits per heavy atom. The van der Waals surface area contributed by atoms with E-state index in [9.17, 15) is 4.79 Å². The van der Waals surface area contributed by atoms with Crippen molar-refractivity contribution in [3.8, 4) is 0 Å². The van der Waals surface area contributed by atoms with Gasteiger partial charge in [0.15, 0.2) is 0 Å². The fourth-order valence-corrected chi connectivity index (χ4v) is 4.08. The van der Waals surface area contributed by atoms with E-state index in [0.717, 1.165) is 6.54 Å². The number of methoxy groups -OCH3 is 1. The molecular weight excluding hydrogens is 334 g/mol. The summed E-state index contributed by atoms with van der Waals surface area (Å²) < 4.78 is 4.91. The molecule has 1 fully saturated rings. The third kappa shape index (κ3) is 3.15. The minimum absolute atomic E-state index is 0.161. The van der Waals surface area contributed by atoms with E-state index in [0.29, 0.717) is 6.42 Å². The molecule has 0 bridgehead atoms. The maximum atomic E-state index is 11.9. The highest BCUT2D eigenvalue weighted by molar-refractivity contribution is 5.70. The van der Waals surface area contributed by atoms with Crippen molar-refractivity contribution in [2.24, 2.45) is 0 Å². The van der Waals surface area contributed by atoms with Gasteiger partial charge in [0.05, 0.1) is 19.1 Å². The summed E-state index contributed by atoms with van der Waals surface area (Å²) in [5.74, 6) is -0.161. The first kappa shape index (κ1) is 17.5. The molecule has 3 nitrogen and oxygen atoms in total. The number of hydrogen-bond donors (Lipinski definition) is 0. The molecule has 3 aromatic rings. The third-order valence-corrected chi connectivity index (χ3v) is 5.35. The molecule has 0 spiro atoms. The average molecular weight is 357 g/mol. The Bertz CT molecular complexity index is 797. The molecule has 1 saturated heterocycles. The highest BCUT2D eigenvalue weighted by atomic mass is 16.5. The van der Waals surface area contributed by atoms with Crippen molar-refractivity contribution in [2.45, 2.75) is 18.0 Å². The second kappa shape index (κ2) is 7.37. The molecule has 4 rings (SSSR count). The molecule has 27 heavy (non-hydrogen) atoms. The predicted octanol–water partition coefficient (Wildman–Crippen LogP) is 4.23. The van der Waals surface area contributed by atoms with Crippen molar-refractivity contribution in [2.75, 3.05) is 13.7 Å². The second-order valence-electron chi connectivity index (χ2n) is 6.89. The summed E-state index contributed by atoms with van der Waals surface area (Å²) in [6.45, 7) is 0.855. The van der Waals surface area contributed by atoms with Gasteiger partial charge in [-0.1, -0.05) is 91.0 Å². The first-order valence-corrected chi connectivity index (χ1v) is 9.27. The van der Waals surface area contributed by atoms with Crippen LogP contribution in [0.3, 0.4) is 0 Å². The van der Waals surface area contributed by atoms with Crippen molar-refractivity contribution in [3.05, 3.63) is 108 Å². The Morgan fingerprint density at radius 1 is 0.852 bits per heavy atom. The molecule has 0 aromatic heterocycles. The molecule has 3 heteroatoms.